The maximum atomic E-state index is 13.7. The summed E-state index contributed by atoms with van der Waals surface area (Å²) in [4.78, 5) is 23.7. The molecule has 0 aliphatic carbocycles. The van der Waals surface area contributed by atoms with Crippen LogP contribution in [0.15, 0.2) is 59.1 Å². The van der Waals surface area contributed by atoms with Crippen molar-refractivity contribution in [1.29, 1.82) is 0 Å². The van der Waals surface area contributed by atoms with Gasteiger partial charge >= 0.3 is 0 Å². The molecule has 0 radical (unpaired) electrons. The fourth-order valence-electron chi connectivity index (χ4n) is 5.40. The number of carbonyl (C=O) groups excluding carboxylic acids is 1. The molecule has 7 heteroatoms. The van der Waals surface area contributed by atoms with E-state index >= 15 is 0 Å². The molecule has 6 nitrogen and oxygen atoms in total. The number of pyridine rings is 1. The van der Waals surface area contributed by atoms with Gasteiger partial charge in [-0.1, -0.05) is 23.4 Å². The highest BCUT2D eigenvalue weighted by atomic mass is 19.1. The lowest BCUT2D eigenvalue weighted by Gasteiger charge is -2.32. The lowest BCUT2D eigenvalue weighted by molar-refractivity contribution is 0.0715. The van der Waals surface area contributed by atoms with E-state index in [1.54, 1.807) is 18.2 Å². The number of fused-ring (bicyclic) bond motifs is 2. The summed E-state index contributed by atoms with van der Waals surface area (Å²) in [6, 6.07) is 16.2. The minimum Gasteiger partial charge on any atom is -0.358 e. The third kappa shape index (κ3) is 3.67. The molecular formula is C28H25FN4O2. The van der Waals surface area contributed by atoms with Crippen LogP contribution in [0.1, 0.15) is 46.1 Å². The molecule has 1 fully saturated rings. The first kappa shape index (κ1) is 21.5. The van der Waals surface area contributed by atoms with E-state index in [9.17, 15) is 9.18 Å². The van der Waals surface area contributed by atoms with Gasteiger partial charge in [0.2, 0.25) is 0 Å². The fourth-order valence-corrected chi connectivity index (χ4v) is 5.40. The predicted molar refractivity (Wildman–Crippen MR) is 133 cm³/mol. The van der Waals surface area contributed by atoms with Crippen molar-refractivity contribution in [2.75, 3.05) is 13.1 Å². The number of hydrogen-bond acceptors (Lipinski definition) is 4. The topological polar surface area (TPSA) is 75.0 Å². The molecule has 2 aromatic carbocycles. The molecule has 1 N–H and O–H groups in total. The molecule has 1 aliphatic heterocycles. The van der Waals surface area contributed by atoms with Gasteiger partial charge in [-0.25, -0.2) is 9.37 Å². The van der Waals surface area contributed by atoms with E-state index in [-0.39, 0.29) is 11.7 Å². The summed E-state index contributed by atoms with van der Waals surface area (Å²) in [6.45, 7) is 5.28. The Hall–Kier alpha value is -4.00. The van der Waals surface area contributed by atoms with E-state index in [4.69, 9.17) is 4.52 Å². The zero-order chi connectivity index (χ0) is 24.1. The molecule has 35 heavy (non-hydrogen) atoms. The van der Waals surface area contributed by atoms with Gasteiger partial charge in [0.1, 0.15) is 5.82 Å². The number of likely N-dealkylation sites (tertiary alicyclic amines) is 1. The van der Waals surface area contributed by atoms with Gasteiger partial charge in [0.15, 0.2) is 0 Å². The van der Waals surface area contributed by atoms with Gasteiger partial charge in [0.25, 0.3) is 11.6 Å². The largest absolute Gasteiger partial charge is 0.358 e. The fraction of sp³-hybridized carbons (Fsp3) is 0.250. The van der Waals surface area contributed by atoms with Crippen molar-refractivity contribution in [1.82, 2.24) is 20.0 Å². The number of nitrogens with one attached hydrogen (secondary N) is 1. The van der Waals surface area contributed by atoms with Crippen molar-refractivity contribution in [3.63, 3.8) is 0 Å². The minimum atomic E-state index is -0.324. The standard InChI is InChI=1S/C28H25FN4O2/c1-16-25(21-5-3-4-6-23(21)30-16)19-11-13-33(14-12-19)28(34)22-15-24(18-7-9-20(29)10-8-18)31-27-26(22)17(2)32-35-27/h3-10,15,19,30H,11-14H2,1-2H3. The predicted octanol–water partition coefficient (Wildman–Crippen LogP) is 6.15. The van der Waals surface area contributed by atoms with Crippen LogP contribution in [-0.2, 0) is 0 Å². The van der Waals surface area contributed by atoms with Gasteiger partial charge in [0.05, 0.1) is 22.3 Å². The van der Waals surface area contributed by atoms with Crippen molar-refractivity contribution in [3.05, 3.63) is 82.9 Å². The summed E-state index contributed by atoms with van der Waals surface area (Å²) >= 11 is 0. The van der Waals surface area contributed by atoms with Crippen LogP contribution in [0.5, 0.6) is 0 Å². The number of hydrogen-bond donors (Lipinski definition) is 1. The van der Waals surface area contributed by atoms with Gasteiger partial charge in [-0.3, -0.25) is 4.79 Å². The molecule has 1 saturated heterocycles. The molecule has 3 aromatic heterocycles. The van der Waals surface area contributed by atoms with Gasteiger partial charge in [-0.2, -0.15) is 0 Å². The molecule has 176 valence electrons. The molecule has 0 unspecified atom stereocenters. The van der Waals surface area contributed by atoms with Crippen LogP contribution >= 0.6 is 0 Å². The lowest BCUT2D eigenvalue weighted by atomic mass is 9.87. The maximum absolute atomic E-state index is 13.7. The van der Waals surface area contributed by atoms with Crippen molar-refractivity contribution in [2.24, 2.45) is 0 Å². The Bertz CT molecular complexity index is 1560. The number of halogens is 1. The van der Waals surface area contributed by atoms with E-state index in [0.29, 0.717) is 52.6 Å². The van der Waals surface area contributed by atoms with E-state index < -0.39 is 0 Å². The first-order valence-corrected chi connectivity index (χ1v) is 11.9. The van der Waals surface area contributed by atoms with E-state index in [1.165, 1.54) is 28.8 Å². The Balaban J connectivity index is 1.30. The van der Waals surface area contributed by atoms with Crippen LogP contribution < -0.4 is 0 Å². The van der Waals surface area contributed by atoms with Crippen LogP contribution in [0.25, 0.3) is 33.3 Å². The van der Waals surface area contributed by atoms with E-state index in [1.807, 2.05) is 17.9 Å². The first-order valence-electron chi connectivity index (χ1n) is 11.9. The molecule has 0 atom stereocenters. The quantitative estimate of drug-likeness (QED) is 0.345. The number of H-pyrrole nitrogens is 1. The number of para-hydroxylation sites is 1. The molecule has 4 heterocycles. The number of piperidine rings is 1. The average molecular weight is 469 g/mol. The highest BCUT2D eigenvalue weighted by Crippen LogP contribution is 2.36. The summed E-state index contributed by atoms with van der Waals surface area (Å²) in [5, 5.41) is 5.95. The summed E-state index contributed by atoms with van der Waals surface area (Å²) in [6.07, 6.45) is 1.80. The Morgan fingerprint density at radius 2 is 1.83 bits per heavy atom. The highest BCUT2D eigenvalue weighted by Gasteiger charge is 2.29. The van der Waals surface area contributed by atoms with Crippen LogP contribution in [0, 0.1) is 19.7 Å². The van der Waals surface area contributed by atoms with Crippen LogP contribution in [-0.4, -0.2) is 39.0 Å². The second kappa shape index (κ2) is 8.34. The zero-order valence-electron chi connectivity index (χ0n) is 19.6. The molecule has 6 rings (SSSR count). The summed E-state index contributed by atoms with van der Waals surface area (Å²) in [7, 11) is 0. The van der Waals surface area contributed by atoms with Gasteiger partial charge < -0.3 is 14.4 Å². The normalized spacial score (nSPS) is 14.8. The van der Waals surface area contributed by atoms with Gasteiger partial charge in [0, 0.05) is 35.2 Å². The Kier molecular flexibility index (Phi) is 5.13. The Morgan fingerprint density at radius 3 is 2.60 bits per heavy atom. The average Bonchev–Trinajstić information content (AvgIpc) is 3.42. The summed E-state index contributed by atoms with van der Waals surface area (Å²) in [5.74, 6) is 0.0240. The van der Waals surface area contributed by atoms with Crippen LogP contribution in [0.4, 0.5) is 4.39 Å². The van der Waals surface area contributed by atoms with Crippen molar-refractivity contribution < 1.29 is 13.7 Å². The number of amides is 1. The smallest absolute Gasteiger partial charge is 0.259 e. The second-order valence-electron chi connectivity index (χ2n) is 9.29. The van der Waals surface area contributed by atoms with Gasteiger partial charge in [-0.05, 0) is 74.6 Å². The first-order chi connectivity index (χ1) is 17.0. The number of rotatable bonds is 3. The Morgan fingerprint density at radius 1 is 1.09 bits per heavy atom. The third-order valence-corrected chi connectivity index (χ3v) is 7.12. The van der Waals surface area contributed by atoms with Gasteiger partial charge in [-0.15, -0.1) is 0 Å². The third-order valence-electron chi connectivity index (χ3n) is 7.12. The highest BCUT2D eigenvalue weighted by molar-refractivity contribution is 6.07. The zero-order valence-corrected chi connectivity index (χ0v) is 19.6. The number of carbonyl (C=O) groups is 1. The second-order valence-corrected chi connectivity index (χ2v) is 9.29. The SMILES string of the molecule is Cc1[nH]c2ccccc2c1C1CCN(C(=O)c2cc(-c3ccc(F)cc3)nc3onc(C)c23)CC1. The lowest BCUT2D eigenvalue weighted by Crippen LogP contribution is -2.38. The van der Waals surface area contributed by atoms with Crippen LogP contribution in [0.3, 0.4) is 0 Å². The number of aryl methyl sites for hydroxylation is 2. The molecule has 1 aliphatic rings. The monoisotopic (exact) mass is 468 g/mol. The number of benzene rings is 2. The summed E-state index contributed by atoms with van der Waals surface area (Å²) < 4.78 is 18.9. The molecule has 0 bridgehead atoms. The van der Waals surface area contributed by atoms with E-state index in [0.717, 1.165) is 18.4 Å². The Labute approximate surface area is 201 Å². The molecule has 5 aromatic rings. The number of aromatic nitrogens is 3. The number of nitrogens with zero attached hydrogens (tertiary/aromatic N) is 3. The van der Waals surface area contributed by atoms with Crippen molar-refractivity contribution in [2.45, 2.75) is 32.6 Å². The molecule has 1 amide bonds. The summed E-state index contributed by atoms with van der Waals surface area (Å²) in [5.41, 5.74) is 6.47. The molecular weight excluding hydrogens is 443 g/mol. The maximum Gasteiger partial charge on any atom is 0.259 e. The van der Waals surface area contributed by atoms with Crippen LogP contribution in [0.2, 0.25) is 0 Å². The number of aromatic amines is 1. The molecule has 0 spiro atoms. The van der Waals surface area contributed by atoms with Crippen molar-refractivity contribution in [3.8, 4) is 11.3 Å². The van der Waals surface area contributed by atoms with Crippen molar-refractivity contribution >= 4 is 27.9 Å². The molecule has 0 saturated carbocycles. The minimum absolute atomic E-state index is 0.0545. The van der Waals surface area contributed by atoms with E-state index in [2.05, 4.69) is 40.2 Å².